The molecular weight excluding hydrogens is 262 g/mol. The van der Waals surface area contributed by atoms with Crippen LogP contribution in [0.5, 0.6) is 11.5 Å². The number of benzene rings is 1. The van der Waals surface area contributed by atoms with Crippen LogP contribution in [0, 0.1) is 0 Å². The molecule has 1 rings (SSSR count). The Bertz CT molecular complexity index is 510. The van der Waals surface area contributed by atoms with E-state index >= 15 is 0 Å². The van der Waals surface area contributed by atoms with Crippen molar-refractivity contribution < 1.29 is 24.5 Å². The summed E-state index contributed by atoms with van der Waals surface area (Å²) in [7, 11) is 1.46. The van der Waals surface area contributed by atoms with Crippen LogP contribution in [0.1, 0.15) is 37.0 Å². The summed E-state index contributed by atoms with van der Waals surface area (Å²) < 4.78 is 4.94. The predicted molar refractivity (Wildman–Crippen MR) is 73.1 cm³/mol. The number of carboxylic acids is 1. The maximum atomic E-state index is 12.1. The van der Waals surface area contributed by atoms with Crippen LogP contribution in [-0.4, -0.2) is 34.7 Å². The fourth-order valence-corrected chi connectivity index (χ4v) is 1.69. The number of ether oxygens (including phenoxy) is 1. The first-order valence-corrected chi connectivity index (χ1v) is 6.16. The number of aromatic hydroxyl groups is 1. The second-order valence-corrected chi connectivity index (χ2v) is 5.11. The van der Waals surface area contributed by atoms with E-state index in [1.165, 1.54) is 19.2 Å². The number of carboxylic acid groups (broad SMARTS) is 1. The molecule has 0 aliphatic carbocycles. The van der Waals surface area contributed by atoms with Gasteiger partial charge in [-0.25, -0.2) is 0 Å². The van der Waals surface area contributed by atoms with Gasteiger partial charge in [-0.2, -0.15) is 0 Å². The molecule has 0 radical (unpaired) electrons. The summed E-state index contributed by atoms with van der Waals surface area (Å²) >= 11 is 0. The standard InChI is InChI=1S/C14H19NO5/c1-14(2,7-6-12(17)18)15-13(19)10-5-4-9(20-3)8-11(10)16/h4-5,8,16H,6-7H2,1-3H3,(H,15,19)(H,17,18). The molecule has 1 aromatic carbocycles. The molecule has 0 saturated heterocycles. The first-order chi connectivity index (χ1) is 9.25. The summed E-state index contributed by atoms with van der Waals surface area (Å²) in [6, 6.07) is 4.37. The summed E-state index contributed by atoms with van der Waals surface area (Å²) in [4.78, 5) is 22.6. The number of rotatable bonds is 6. The van der Waals surface area contributed by atoms with Crippen molar-refractivity contribution in [1.82, 2.24) is 5.32 Å². The quantitative estimate of drug-likeness (QED) is 0.738. The second-order valence-electron chi connectivity index (χ2n) is 5.11. The average Bonchev–Trinajstić information content (AvgIpc) is 2.35. The van der Waals surface area contributed by atoms with Crippen molar-refractivity contribution in [2.45, 2.75) is 32.2 Å². The van der Waals surface area contributed by atoms with Gasteiger partial charge < -0.3 is 20.3 Å². The van der Waals surface area contributed by atoms with Crippen molar-refractivity contribution in [1.29, 1.82) is 0 Å². The van der Waals surface area contributed by atoms with Gasteiger partial charge in [-0.3, -0.25) is 9.59 Å². The molecule has 0 bridgehead atoms. The van der Waals surface area contributed by atoms with Gasteiger partial charge in [-0.1, -0.05) is 0 Å². The predicted octanol–water partition coefficient (Wildman–Crippen LogP) is 1.77. The number of aliphatic carboxylic acids is 1. The number of carbonyl (C=O) groups excluding carboxylic acids is 1. The molecule has 1 aromatic rings. The Morgan fingerprint density at radius 3 is 2.50 bits per heavy atom. The third-order valence-corrected chi connectivity index (χ3v) is 2.87. The molecule has 110 valence electrons. The number of nitrogens with one attached hydrogen (secondary N) is 1. The smallest absolute Gasteiger partial charge is 0.303 e. The Kier molecular flexibility index (Phi) is 4.96. The van der Waals surface area contributed by atoms with E-state index in [2.05, 4.69) is 5.32 Å². The van der Waals surface area contributed by atoms with Gasteiger partial charge in [0, 0.05) is 18.0 Å². The first kappa shape index (κ1) is 15.8. The molecule has 0 atom stereocenters. The third kappa shape index (κ3) is 4.46. The van der Waals surface area contributed by atoms with Crippen LogP contribution < -0.4 is 10.1 Å². The van der Waals surface area contributed by atoms with Crippen molar-refractivity contribution in [2.24, 2.45) is 0 Å². The Hall–Kier alpha value is -2.24. The van der Waals surface area contributed by atoms with Gasteiger partial charge in [0.05, 0.1) is 12.7 Å². The first-order valence-electron chi connectivity index (χ1n) is 6.16. The Morgan fingerprint density at radius 2 is 2.00 bits per heavy atom. The van der Waals surface area contributed by atoms with Crippen LogP contribution in [0.15, 0.2) is 18.2 Å². The van der Waals surface area contributed by atoms with Gasteiger partial charge in [0.25, 0.3) is 5.91 Å². The zero-order chi connectivity index (χ0) is 15.3. The fraction of sp³-hybridized carbons (Fsp3) is 0.429. The van der Waals surface area contributed by atoms with Gasteiger partial charge >= 0.3 is 5.97 Å². The largest absolute Gasteiger partial charge is 0.507 e. The van der Waals surface area contributed by atoms with E-state index < -0.39 is 17.4 Å². The number of phenolic OH excluding ortho intramolecular Hbond substituents is 1. The summed E-state index contributed by atoms with van der Waals surface area (Å²) in [5.74, 6) is -1.11. The van der Waals surface area contributed by atoms with Crippen LogP contribution >= 0.6 is 0 Å². The molecule has 0 fully saturated rings. The van der Waals surface area contributed by atoms with E-state index in [-0.39, 0.29) is 17.7 Å². The summed E-state index contributed by atoms with van der Waals surface area (Å²) in [5.41, 5.74) is -0.559. The molecule has 0 unspecified atom stereocenters. The number of methoxy groups -OCH3 is 1. The van der Waals surface area contributed by atoms with Crippen molar-refractivity contribution in [3.05, 3.63) is 23.8 Å². The molecule has 0 heterocycles. The van der Waals surface area contributed by atoms with Crippen molar-refractivity contribution in [3.63, 3.8) is 0 Å². The van der Waals surface area contributed by atoms with Crippen LogP contribution in [-0.2, 0) is 4.79 Å². The minimum absolute atomic E-state index is 0.0398. The van der Waals surface area contributed by atoms with Gasteiger partial charge in [0.1, 0.15) is 11.5 Å². The normalized spacial score (nSPS) is 10.9. The van der Waals surface area contributed by atoms with Gasteiger partial charge in [-0.05, 0) is 32.4 Å². The minimum atomic E-state index is -0.917. The molecule has 20 heavy (non-hydrogen) atoms. The van der Waals surface area contributed by atoms with E-state index in [0.717, 1.165) is 0 Å². The maximum Gasteiger partial charge on any atom is 0.303 e. The monoisotopic (exact) mass is 281 g/mol. The SMILES string of the molecule is COc1ccc(C(=O)NC(C)(C)CCC(=O)O)c(O)c1. The lowest BCUT2D eigenvalue weighted by Gasteiger charge is -2.25. The highest BCUT2D eigenvalue weighted by Crippen LogP contribution is 2.24. The van der Waals surface area contributed by atoms with E-state index in [1.54, 1.807) is 19.9 Å². The molecule has 0 aromatic heterocycles. The molecular formula is C14H19NO5. The fourth-order valence-electron chi connectivity index (χ4n) is 1.69. The lowest BCUT2D eigenvalue weighted by Crippen LogP contribution is -2.43. The number of hydrogen-bond donors (Lipinski definition) is 3. The van der Waals surface area contributed by atoms with Crippen LogP contribution in [0.2, 0.25) is 0 Å². The minimum Gasteiger partial charge on any atom is -0.507 e. The number of hydrogen-bond acceptors (Lipinski definition) is 4. The number of phenols is 1. The van der Waals surface area contributed by atoms with Gasteiger partial charge in [0.15, 0.2) is 0 Å². The number of amides is 1. The Balaban J connectivity index is 2.77. The topological polar surface area (TPSA) is 95.9 Å². The Labute approximate surface area is 117 Å². The Morgan fingerprint density at radius 1 is 1.35 bits per heavy atom. The second kappa shape index (κ2) is 6.27. The van der Waals surface area contributed by atoms with E-state index in [4.69, 9.17) is 9.84 Å². The van der Waals surface area contributed by atoms with Gasteiger partial charge in [0.2, 0.25) is 0 Å². The van der Waals surface area contributed by atoms with Crippen LogP contribution in [0.3, 0.4) is 0 Å². The van der Waals surface area contributed by atoms with Crippen molar-refractivity contribution in [3.8, 4) is 11.5 Å². The van der Waals surface area contributed by atoms with Crippen molar-refractivity contribution >= 4 is 11.9 Å². The molecule has 0 aliphatic rings. The summed E-state index contributed by atoms with van der Waals surface area (Å²) in [5, 5.41) is 21.1. The van der Waals surface area contributed by atoms with Crippen molar-refractivity contribution in [2.75, 3.05) is 7.11 Å². The molecule has 6 heteroatoms. The lowest BCUT2D eigenvalue weighted by molar-refractivity contribution is -0.137. The molecule has 0 aliphatic heterocycles. The molecule has 3 N–H and O–H groups in total. The molecule has 0 saturated carbocycles. The van der Waals surface area contributed by atoms with E-state index in [0.29, 0.717) is 12.2 Å². The van der Waals surface area contributed by atoms with E-state index in [9.17, 15) is 14.7 Å². The highest BCUT2D eigenvalue weighted by Gasteiger charge is 2.23. The zero-order valence-electron chi connectivity index (χ0n) is 11.8. The molecule has 0 spiro atoms. The number of carbonyl (C=O) groups is 2. The summed E-state index contributed by atoms with van der Waals surface area (Å²) in [6.07, 6.45) is 0.257. The highest BCUT2D eigenvalue weighted by molar-refractivity contribution is 5.97. The zero-order valence-corrected chi connectivity index (χ0v) is 11.8. The molecule has 6 nitrogen and oxygen atoms in total. The molecule has 1 amide bonds. The average molecular weight is 281 g/mol. The van der Waals surface area contributed by atoms with Gasteiger partial charge in [-0.15, -0.1) is 0 Å². The van der Waals surface area contributed by atoms with E-state index in [1.807, 2.05) is 0 Å². The third-order valence-electron chi connectivity index (χ3n) is 2.87. The van der Waals surface area contributed by atoms with Crippen LogP contribution in [0.25, 0.3) is 0 Å². The lowest BCUT2D eigenvalue weighted by atomic mass is 9.97. The maximum absolute atomic E-state index is 12.1. The summed E-state index contributed by atoms with van der Waals surface area (Å²) in [6.45, 7) is 3.46. The van der Waals surface area contributed by atoms with Crippen LogP contribution in [0.4, 0.5) is 0 Å². The highest BCUT2D eigenvalue weighted by atomic mass is 16.5.